The number of hydrogen-bond acceptors (Lipinski definition) is 2. The lowest BCUT2D eigenvalue weighted by atomic mass is 10.1. The van der Waals surface area contributed by atoms with Gasteiger partial charge in [-0.15, -0.1) is 0 Å². The van der Waals surface area contributed by atoms with Crippen LogP contribution in [0.15, 0.2) is 65.1 Å². The van der Waals surface area contributed by atoms with Crippen LogP contribution in [0.3, 0.4) is 0 Å². The molecule has 2 nitrogen and oxygen atoms in total. The van der Waals surface area contributed by atoms with E-state index in [0.717, 1.165) is 27.4 Å². The van der Waals surface area contributed by atoms with Gasteiger partial charge in [0.25, 0.3) is 0 Å². The molecule has 3 aromatic carbocycles. The molecule has 0 aliphatic heterocycles. The summed E-state index contributed by atoms with van der Waals surface area (Å²) in [5.74, 6) is 0.589. The normalized spacial score (nSPS) is 11.7. The average Bonchev–Trinajstić information content (AvgIpc) is 2.97. The highest BCUT2D eigenvalue weighted by molar-refractivity contribution is 6.30. The Kier molecular flexibility index (Phi) is 3.17. The molecule has 0 unspecified atom stereocenters. The molecule has 0 spiro atoms. The van der Waals surface area contributed by atoms with E-state index >= 15 is 0 Å². The third-order valence-electron chi connectivity index (χ3n) is 3.57. The van der Waals surface area contributed by atoms with Crippen LogP contribution in [-0.4, -0.2) is 4.98 Å². The predicted octanol–water partition coefficient (Wildman–Crippen LogP) is 5.80. The Labute approximate surface area is 132 Å². The lowest BCUT2D eigenvalue weighted by Crippen LogP contribution is -1.75. The van der Waals surface area contributed by atoms with E-state index in [1.807, 2.05) is 60.7 Å². The van der Waals surface area contributed by atoms with Gasteiger partial charge in [0.1, 0.15) is 5.52 Å². The second-order valence-electron chi connectivity index (χ2n) is 5.07. The molecule has 0 atom stereocenters. The molecule has 0 fully saturated rings. The van der Waals surface area contributed by atoms with Gasteiger partial charge in [-0.05, 0) is 35.2 Å². The minimum atomic E-state index is 0.589. The molecule has 0 N–H and O–H groups in total. The molecule has 0 saturated carbocycles. The van der Waals surface area contributed by atoms with Crippen LogP contribution in [0.5, 0.6) is 0 Å². The first-order valence-corrected chi connectivity index (χ1v) is 7.39. The Morgan fingerprint density at radius 1 is 0.909 bits per heavy atom. The van der Waals surface area contributed by atoms with Crippen molar-refractivity contribution in [2.45, 2.75) is 0 Å². The first-order chi connectivity index (χ1) is 10.8. The van der Waals surface area contributed by atoms with Crippen molar-refractivity contribution in [1.82, 2.24) is 4.98 Å². The van der Waals surface area contributed by atoms with E-state index in [-0.39, 0.29) is 0 Å². The van der Waals surface area contributed by atoms with Crippen molar-refractivity contribution < 1.29 is 4.42 Å². The minimum absolute atomic E-state index is 0.589. The molecule has 0 aliphatic carbocycles. The van der Waals surface area contributed by atoms with Gasteiger partial charge >= 0.3 is 0 Å². The summed E-state index contributed by atoms with van der Waals surface area (Å²) >= 11 is 5.98. The van der Waals surface area contributed by atoms with Gasteiger partial charge in [-0.1, -0.05) is 54.1 Å². The van der Waals surface area contributed by atoms with E-state index in [0.29, 0.717) is 10.9 Å². The molecular formula is C19H12ClNO. The zero-order valence-corrected chi connectivity index (χ0v) is 12.4. The zero-order valence-electron chi connectivity index (χ0n) is 11.7. The first-order valence-electron chi connectivity index (χ1n) is 7.01. The smallest absolute Gasteiger partial charge is 0.220 e. The summed E-state index contributed by atoms with van der Waals surface area (Å²) in [4.78, 5) is 4.59. The highest BCUT2D eigenvalue weighted by Gasteiger charge is 2.06. The molecule has 0 bridgehead atoms. The van der Waals surface area contributed by atoms with Crippen molar-refractivity contribution in [2.75, 3.05) is 0 Å². The molecule has 0 radical (unpaired) electrons. The molecule has 4 rings (SSSR count). The SMILES string of the molecule is Clc1cccc(C=Cc2nc3c(ccc4ccccc43)o2)c1. The van der Waals surface area contributed by atoms with E-state index in [4.69, 9.17) is 16.0 Å². The number of hydrogen-bond donors (Lipinski definition) is 0. The maximum absolute atomic E-state index is 5.98. The predicted molar refractivity (Wildman–Crippen MR) is 91.9 cm³/mol. The Bertz CT molecular complexity index is 1000. The van der Waals surface area contributed by atoms with Gasteiger partial charge in [-0.2, -0.15) is 0 Å². The summed E-state index contributed by atoms with van der Waals surface area (Å²) in [7, 11) is 0. The lowest BCUT2D eigenvalue weighted by molar-refractivity contribution is 0.590. The minimum Gasteiger partial charge on any atom is -0.437 e. The number of aromatic nitrogens is 1. The molecule has 1 aromatic heterocycles. The van der Waals surface area contributed by atoms with Crippen LogP contribution in [0.2, 0.25) is 5.02 Å². The number of oxazole rings is 1. The molecule has 0 saturated heterocycles. The summed E-state index contributed by atoms with van der Waals surface area (Å²) < 4.78 is 5.80. The summed E-state index contributed by atoms with van der Waals surface area (Å²) in [6.07, 6.45) is 3.80. The van der Waals surface area contributed by atoms with E-state index in [1.165, 1.54) is 0 Å². The Morgan fingerprint density at radius 2 is 1.82 bits per heavy atom. The van der Waals surface area contributed by atoms with Gasteiger partial charge in [0.15, 0.2) is 5.58 Å². The van der Waals surface area contributed by atoms with Gasteiger partial charge in [-0.25, -0.2) is 4.98 Å². The third kappa shape index (κ3) is 2.38. The third-order valence-corrected chi connectivity index (χ3v) is 3.80. The number of nitrogens with zero attached hydrogens (tertiary/aromatic N) is 1. The van der Waals surface area contributed by atoms with Gasteiger partial charge in [-0.3, -0.25) is 0 Å². The van der Waals surface area contributed by atoms with E-state index in [9.17, 15) is 0 Å². The highest BCUT2D eigenvalue weighted by Crippen LogP contribution is 2.26. The zero-order chi connectivity index (χ0) is 14.9. The second kappa shape index (κ2) is 5.32. The fraction of sp³-hybridized carbons (Fsp3) is 0. The van der Waals surface area contributed by atoms with Crippen LogP contribution < -0.4 is 0 Å². The topological polar surface area (TPSA) is 26.0 Å². The van der Waals surface area contributed by atoms with Crippen molar-refractivity contribution in [2.24, 2.45) is 0 Å². The molecular weight excluding hydrogens is 294 g/mol. The van der Waals surface area contributed by atoms with Crippen molar-refractivity contribution in [1.29, 1.82) is 0 Å². The second-order valence-corrected chi connectivity index (χ2v) is 5.51. The van der Waals surface area contributed by atoms with Crippen LogP contribution in [0.1, 0.15) is 11.5 Å². The number of halogens is 1. The van der Waals surface area contributed by atoms with Crippen LogP contribution in [0.4, 0.5) is 0 Å². The summed E-state index contributed by atoms with van der Waals surface area (Å²) in [6.45, 7) is 0. The van der Waals surface area contributed by atoms with Gasteiger partial charge in [0, 0.05) is 16.5 Å². The van der Waals surface area contributed by atoms with Crippen molar-refractivity contribution in [3.63, 3.8) is 0 Å². The first kappa shape index (κ1) is 13.1. The summed E-state index contributed by atoms with van der Waals surface area (Å²) in [5.41, 5.74) is 2.70. The van der Waals surface area contributed by atoms with Crippen LogP contribution >= 0.6 is 11.6 Å². The van der Waals surface area contributed by atoms with Gasteiger partial charge < -0.3 is 4.42 Å². The Hall–Kier alpha value is -2.58. The maximum atomic E-state index is 5.98. The van der Waals surface area contributed by atoms with E-state index in [1.54, 1.807) is 0 Å². The highest BCUT2D eigenvalue weighted by atomic mass is 35.5. The molecule has 1 heterocycles. The summed E-state index contributed by atoms with van der Waals surface area (Å²) in [6, 6.07) is 19.8. The lowest BCUT2D eigenvalue weighted by Gasteiger charge is -1.95. The maximum Gasteiger partial charge on any atom is 0.220 e. The summed E-state index contributed by atoms with van der Waals surface area (Å²) in [5, 5.41) is 2.98. The van der Waals surface area contributed by atoms with E-state index < -0.39 is 0 Å². The van der Waals surface area contributed by atoms with Crippen LogP contribution in [-0.2, 0) is 0 Å². The molecule has 3 heteroatoms. The van der Waals surface area contributed by atoms with Crippen molar-refractivity contribution in [3.8, 4) is 0 Å². The van der Waals surface area contributed by atoms with E-state index in [2.05, 4.69) is 17.1 Å². The standard InChI is InChI=1S/C19H12ClNO/c20-15-6-3-4-13(12-15)8-11-18-21-19-16-7-2-1-5-14(16)9-10-17(19)22-18/h1-12H. The largest absolute Gasteiger partial charge is 0.437 e. The van der Waals surface area contributed by atoms with Crippen LogP contribution in [0, 0.1) is 0 Å². The Balaban J connectivity index is 1.78. The van der Waals surface area contributed by atoms with Gasteiger partial charge in [0.2, 0.25) is 5.89 Å². The number of fused-ring (bicyclic) bond motifs is 3. The molecule has 106 valence electrons. The van der Waals surface area contributed by atoms with Crippen LogP contribution in [0.25, 0.3) is 34.0 Å². The Morgan fingerprint density at radius 3 is 2.73 bits per heavy atom. The quantitative estimate of drug-likeness (QED) is 0.467. The molecule has 22 heavy (non-hydrogen) atoms. The fourth-order valence-corrected chi connectivity index (χ4v) is 2.73. The average molecular weight is 306 g/mol. The monoisotopic (exact) mass is 305 g/mol. The molecule has 0 amide bonds. The van der Waals surface area contributed by atoms with Crippen molar-refractivity contribution in [3.05, 3.63) is 77.1 Å². The molecule has 4 aromatic rings. The number of rotatable bonds is 2. The fourth-order valence-electron chi connectivity index (χ4n) is 2.53. The van der Waals surface area contributed by atoms with Crippen molar-refractivity contribution >= 4 is 45.6 Å². The number of benzene rings is 3. The molecule has 0 aliphatic rings. The van der Waals surface area contributed by atoms with Gasteiger partial charge in [0.05, 0.1) is 0 Å².